The van der Waals surface area contributed by atoms with Crippen LogP contribution in [0.5, 0.6) is 0 Å². The van der Waals surface area contributed by atoms with Crippen LogP contribution in [0.2, 0.25) is 0 Å². The average molecular weight is 197 g/mol. The zero-order valence-electron chi connectivity index (χ0n) is 8.97. The highest BCUT2D eigenvalue weighted by atomic mass is 16.2. The smallest absolute Gasteiger partial charge is 0.236 e. The van der Waals surface area contributed by atoms with Gasteiger partial charge in [0.2, 0.25) is 5.91 Å². The molecule has 0 aromatic carbocycles. The third-order valence-electron chi connectivity index (χ3n) is 1.85. The second kappa shape index (κ2) is 8.54. The Bertz CT molecular complexity index is 198. The summed E-state index contributed by atoms with van der Waals surface area (Å²) in [7, 11) is 3.70. The molecule has 0 fully saturated rings. The number of likely N-dealkylation sites (N-methyl/N-ethyl adjacent to an activating group) is 1. The third kappa shape index (κ3) is 6.46. The van der Waals surface area contributed by atoms with Crippen LogP contribution in [0.3, 0.4) is 0 Å². The Morgan fingerprint density at radius 3 is 2.86 bits per heavy atom. The van der Waals surface area contributed by atoms with E-state index in [1.807, 2.05) is 7.05 Å². The van der Waals surface area contributed by atoms with Crippen molar-refractivity contribution in [3.63, 3.8) is 0 Å². The number of amides is 1. The predicted molar refractivity (Wildman–Crippen MR) is 57.9 cm³/mol. The van der Waals surface area contributed by atoms with E-state index in [0.717, 1.165) is 19.5 Å². The summed E-state index contributed by atoms with van der Waals surface area (Å²) < 4.78 is 0. The predicted octanol–water partition coefficient (Wildman–Crippen LogP) is -0.723. The lowest BCUT2D eigenvalue weighted by atomic mass is 10.4. The van der Waals surface area contributed by atoms with Crippen molar-refractivity contribution in [1.29, 1.82) is 0 Å². The molecule has 0 saturated heterocycles. The summed E-state index contributed by atoms with van der Waals surface area (Å²) in [6, 6.07) is 0. The maximum atomic E-state index is 11.4. The Morgan fingerprint density at radius 2 is 2.29 bits per heavy atom. The maximum Gasteiger partial charge on any atom is 0.236 e. The van der Waals surface area contributed by atoms with Crippen molar-refractivity contribution >= 4 is 5.91 Å². The molecule has 0 aromatic heterocycles. The third-order valence-corrected chi connectivity index (χ3v) is 1.85. The molecule has 0 saturated carbocycles. The van der Waals surface area contributed by atoms with Crippen LogP contribution >= 0.6 is 0 Å². The van der Waals surface area contributed by atoms with Gasteiger partial charge in [0.05, 0.1) is 13.1 Å². The number of hydrogen-bond acceptors (Lipinski definition) is 3. The standard InChI is InChI=1S/C10H19N3O/c1-4-6-12-9-10(14)13(3)8-5-7-11-2/h1,11-12H,5-9H2,2-3H3. The van der Waals surface area contributed by atoms with E-state index in [9.17, 15) is 4.79 Å². The zero-order chi connectivity index (χ0) is 10.8. The monoisotopic (exact) mass is 197 g/mol. The average Bonchev–Trinajstić information content (AvgIpc) is 2.18. The number of terminal acetylenes is 1. The minimum absolute atomic E-state index is 0.0800. The van der Waals surface area contributed by atoms with Crippen molar-refractivity contribution < 1.29 is 4.79 Å². The Labute approximate surface area is 86.0 Å². The van der Waals surface area contributed by atoms with Crippen LogP contribution in [0.25, 0.3) is 0 Å². The largest absolute Gasteiger partial charge is 0.345 e. The van der Waals surface area contributed by atoms with Crippen molar-refractivity contribution in [2.24, 2.45) is 0 Å². The summed E-state index contributed by atoms with van der Waals surface area (Å²) >= 11 is 0. The second-order valence-corrected chi connectivity index (χ2v) is 3.08. The van der Waals surface area contributed by atoms with Crippen LogP contribution in [-0.2, 0) is 4.79 Å². The molecular weight excluding hydrogens is 178 g/mol. The lowest BCUT2D eigenvalue weighted by molar-refractivity contribution is -0.128. The van der Waals surface area contributed by atoms with Gasteiger partial charge in [-0.1, -0.05) is 5.92 Å². The number of rotatable bonds is 7. The molecule has 4 heteroatoms. The zero-order valence-corrected chi connectivity index (χ0v) is 8.97. The fourth-order valence-corrected chi connectivity index (χ4v) is 0.994. The molecule has 0 aliphatic carbocycles. The van der Waals surface area contributed by atoms with E-state index < -0.39 is 0 Å². The van der Waals surface area contributed by atoms with Gasteiger partial charge in [0.15, 0.2) is 0 Å². The van der Waals surface area contributed by atoms with E-state index in [2.05, 4.69) is 16.6 Å². The SMILES string of the molecule is C#CCNCC(=O)N(C)CCCNC. The summed E-state index contributed by atoms with van der Waals surface area (Å²) in [6.07, 6.45) is 6.01. The molecule has 80 valence electrons. The maximum absolute atomic E-state index is 11.4. The van der Waals surface area contributed by atoms with Crippen molar-refractivity contribution in [2.45, 2.75) is 6.42 Å². The van der Waals surface area contributed by atoms with Gasteiger partial charge in [-0.3, -0.25) is 10.1 Å². The van der Waals surface area contributed by atoms with Crippen LogP contribution in [-0.4, -0.2) is 51.1 Å². The molecular formula is C10H19N3O. The topological polar surface area (TPSA) is 44.4 Å². The van der Waals surface area contributed by atoms with Gasteiger partial charge in [-0.2, -0.15) is 0 Å². The molecule has 0 aliphatic rings. The number of hydrogen-bond donors (Lipinski definition) is 2. The van der Waals surface area contributed by atoms with Crippen LogP contribution < -0.4 is 10.6 Å². The van der Waals surface area contributed by atoms with Gasteiger partial charge in [-0.15, -0.1) is 6.42 Å². The normalized spacial score (nSPS) is 9.50. The first-order valence-electron chi connectivity index (χ1n) is 4.75. The van der Waals surface area contributed by atoms with Gasteiger partial charge in [-0.25, -0.2) is 0 Å². The molecule has 0 spiro atoms. The summed E-state index contributed by atoms with van der Waals surface area (Å²) in [5.41, 5.74) is 0. The molecule has 1 amide bonds. The second-order valence-electron chi connectivity index (χ2n) is 3.08. The van der Waals surface area contributed by atoms with Crippen LogP contribution in [0.4, 0.5) is 0 Å². The number of nitrogens with one attached hydrogen (secondary N) is 2. The molecule has 0 rings (SSSR count). The summed E-state index contributed by atoms with van der Waals surface area (Å²) in [5.74, 6) is 2.50. The van der Waals surface area contributed by atoms with Gasteiger partial charge < -0.3 is 10.2 Å². The first-order valence-corrected chi connectivity index (χ1v) is 4.75. The fourth-order valence-electron chi connectivity index (χ4n) is 0.994. The molecule has 0 aliphatic heterocycles. The highest BCUT2D eigenvalue weighted by molar-refractivity contribution is 5.77. The summed E-state index contributed by atoms with van der Waals surface area (Å²) in [6.45, 7) is 2.46. The minimum atomic E-state index is 0.0800. The van der Waals surface area contributed by atoms with Gasteiger partial charge in [0, 0.05) is 13.6 Å². The van der Waals surface area contributed by atoms with E-state index in [4.69, 9.17) is 6.42 Å². The van der Waals surface area contributed by atoms with E-state index in [-0.39, 0.29) is 5.91 Å². The molecule has 0 atom stereocenters. The molecule has 0 bridgehead atoms. The minimum Gasteiger partial charge on any atom is -0.345 e. The van der Waals surface area contributed by atoms with Gasteiger partial charge in [0.25, 0.3) is 0 Å². The summed E-state index contributed by atoms with van der Waals surface area (Å²) in [5, 5.41) is 5.90. The van der Waals surface area contributed by atoms with E-state index in [0.29, 0.717) is 13.1 Å². The molecule has 0 heterocycles. The Morgan fingerprint density at radius 1 is 1.57 bits per heavy atom. The highest BCUT2D eigenvalue weighted by Crippen LogP contribution is 1.86. The van der Waals surface area contributed by atoms with E-state index >= 15 is 0 Å². The first-order chi connectivity index (χ1) is 6.72. The van der Waals surface area contributed by atoms with Crippen molar-refractivity contribution in [3.8, 4) is 12.3 Å². The molecule has 0 radical (unpaired) electrons. The Hall–Kier alpha value is -1.05. The van der Waals surface area contributed by atoms with Crippen molar-refractivity contribution in [3.05, 3.63) is 0 Å². The number of carbonyl (C=O) groups excluding carboxylic acids is 1. The lowest BCUT2D eigenvalue weighted by Crippen LogP contribution is -2.36. The van der Waals surface area contributed by atoms with Crippen LogP contribution in [0.1, 0.15) is 6.42 Å². The Kier molecular flexibility index (Phi) is 7.90. The summed E-state index contributed by atoms with van der Waals surface area (Å²) in [4.78, 5) is 13.1. The highest BCUT2D eigenvalue weighted by Gasteiger charge is 2.06. The number of carbonyl (C=O) groups is 1. The quantitative estimate of drug-likeness (QED) is 0.418. The van der Waals surface area contributed by atoms with Crippen LogP contribution in [0, 0.1) is 12.3 Å². The van der Waals surface area contributed by atoms with Crippen LogP contribution in [0.15, 0.2) is 0 Å². The fraction of sp³-hybridized carbons (Fsp3) is 0.700. The van der Waals surface area contributed by atoms with Crippen molar-refractivity contribution in [2.75, 3.05) is 40.3 Å². The molecule has 4 nitrogen and oxygen atoms in total. The van der Waals surface area contributed by atoms with Gasteiger partial charge in [-0.05, 0) is 20.0 Å². The molecule has 14 heavy (non-hydrogen) atoms. The van der Waals surface area contributed by atoms with E-state index in [1.54, 1.807) is 11.9 Å². The van der Waals surface area contributed by atoms with Crippen molar-refractivity contribution in [1.82, 2.24) is 15.5 Å². The molecule has 2 N–H and O–H groups in total. The first kappa shape index (κ1) is 12.9. The van der Waals surface area contributed by atoms with E-state index in [1.165, 1.54) is 0 Å². The molecule has 0 aromatic rings. The van der Waals surface area contributed by atoms with Gasteiger partial charge >= 0.3 is 0 Å². The van der Waals surface area contributed by atoms with Gasteiger partial charge in [0.1, 0.15) is 0 Å². The number of nitrogens with zero attached hydrogens (tertiary/aromatic N) is 1. The molecule has 0 unspecified atom stereocenters. The lowest BCUT2D eigenvalue weighted by Gasteiger charge is -2.16. The Balaban J connectivity index is 3.50.